The summed E-state index contributed by atoms with van der Waals surface area (Å²) < 4.78 is 15.7. The molecule has 1 N–H and O–H groups in total. The summed E-state index contributed by atoms with van der Waals surface area (Å²) in [4.78, 5) is 14.5. The largest absolute Gasteiger partial charge is 0.355 e. The van der Waals surface area contributed by atoms with Crippen LogP contribution in [0, 0.1) is 5.82 Å². The smallest absolute Gasteiger partial charge is 0.234 e. The summed E-state index contributed by atoms with van der Waals surface area (Å²) in [7, 11) is 2.04. The number of benzene rings is 1. The van der Waals surface area contributed by atoms with E-state index in [0.717, 1.165) is 19.4 Å². The second-order valence-electron chi connectivity index (χ2n) is 6.36. The number of nitrogens with one attached hydrogen (secondary N) is 1. The molecule has 3 rings (SSSR count). The first-order valence-corrected chi connectivity index (χ1v) is 8.50. The highest BCUT2D eigenvalue weighted by Gasteiger charge is 2.28. The lowest BCUT2D eigenvalue weighted by molar-refractivity contribution is -0.122. The maximum Gasteiger partial charge on any atom is 0.234 e. The Morgan fingerprint density at radius 1 is 1.29 bits per heavy atom. The minimum absolute atomic E-state index is 0.00690. The normalized spacial score (nSPS) is 18.0. The third-order valence-corrected chi connectivity index (χ3v) is 4.71. The standard InChI is InChI=1S/C19H24FN3O/c1-22-12-4-8-17(22)18-9-5-13-23(18)14-19(24)21-11-10-15-6-2-3-7-16(15)20/h2-4,6-8,12,18H,5,9-11,13-14H2,1H3,(H,21,24)/t18-/m0/s1. The number of likely N-dealkylation sites (tertiary alicyclic amines) is 1. The molecule has 1 fully saturated rings. The highest BCUT2D eigenvalue weighted by atomic mass is 19.1. The first kappa shape index (κ1) is 16.7. The number of aryl methyl sites for hydroxylation is 1. The van der Waals surface area contributed by atoms with Gasteiger partial charge in [-0.05, 0) is 49.6 Å². The van der Waals surface area contributed by atoms with E-state index < -0.39 is 0 Å². The Balaban J connectivity index is 1.49. The zero-order valence-electron chi connectivity index (χ0n) is 14.0. The topological polar surface area (TPSA) is 37.3 Å². The first-order valence-electron chi connectivity index (χ1n) is 8.50. The quantitative estimate of drug-likeness (QED) is 0.885. The number of rotatable bonds is 6. The molecular formula is C19H24FN3O. The first-order chi connectivity index (χ1) is 11.6. The van der Waals surface area contributed by atoms with Gasteiger partial charge in [0.05, 0.1) is 12.6 Å². The highest BCUT2D eigenvalue weighted by Crippen LogP contribution is 2.31. The van der Waals surface area contributed by atoms with Crippen LogP contribution < -0.4 is 5.32 Å². The van der Waals surface area contributed by atoms with Crippen molar-refractivity contribution in [1.82, 2.24) is 14.8 Å². The molecule has 0 saturated carbocycles. The van der Waals surface area contributed by atoms with Crippen LogP contribution in [0.2, 0.25) is 0 Å². The van der Waals surface area contributed by atoms with Crippen molar-refractivity contribution in [1.29, 1.82) is 0 Å². The molecule has 0 bridgehead atoms. The minimum Gasteiger partial charge on any atom is -0.355 e. The lowest BCUT2D eigenvalue weighted by Crippen LogP contribution is -2.38. The third-order valence-electron chi connectivity index (χ3n) is 4.71. The van der Waals surface area contributed by atoms with Gasteiger partial charge in [0.25, 0.3) is 0 Å². The zero-order chi connectivity index (χ0) is 16.9. The Bertz CT molecular complexity index is 697. The molecule has 4 nitrogen and oxygen atoms in total. The number of hydrogen-bond donors (Lipinski definition) is 1. The molecule has 5 heteroatoms. The molecule has 2 heterocycles. The van der Waals surface area contributed by atoms with Crippen LogP contribution in [0.5, 0.6) is 0 Å². The number of nitrogens with zero attached hydrogens (tertiary/aromatic N) is 2. The lowest BCUT2D eigenvalue weighted by Gasteiger charge is -2.24. The van der Waals surface area contributed by atoms with Gasteiger partial charge in [0.2, 0.25) is 5.91 Å². The Hall–Kier alpha value is -2.14. The van der Waals surface area contributed by atoms with Gasteiger partial charge in [-0.15, -0.1) is 0 Å². The Morgan fingerprint density at radius 2 is 2.12 bits per heavy atom. The van der Waals surface area contributed by atoms with E-state index >= 15 is 0 Å². The fraction of sp³-hybridized carbons (Fsp3) is 0.421. The van der Waals surface area contributed by atoms with Crippen LogP contribution in [0.1, 0.15) is 30.1 Å². The average molecular weight is 329 g/mol. The molecule has 1 aliphatic rings. The molecular weight excluding hydrogens is 305 g/mol. The van der Waals surface area contributed by atoms with E-state index in [0.29, 0.717) is 31.1 Å². The van der Waals surface area contributed by atoms with Crippen molar-refractivity contribution in [3.8, 4) is 0 Å². The highest BCUT2D eigenvalue weighted by molar-refractivity contribution is 5.78. The van der Waals surface area contributed by atoms with Crippen molar-refractivity contribution >= 4 is 5.91 Å². The van der Waals surface area contributed by atoms with Crippen LogP contribution in [0.25, 0.3) is 0 Å². The molecule has 0 radical (unpaired) electrons. The van der Waals surface area contributed by atoms with E-state index in [9.17, 15) is 9.18 Å². The van der Waals surface area contributed by atoms with Crippen molar-refractivity contribution in [2.45, 2.75) is 25.3 Å². The summed E-state index contributed by atoms with van der Waals surface area (Å²) in [6.07, 6.45) is 4.75. The van der Waals surface area contributed by atoms with Crippen LogP contribution in [0.15, 0.2) is 42.6 Å². The van der Waals surface area contributed by atoms with Gasteiger partial charge in [0.1, 0.15) is 5.82 Å². The second-order valence-corrected chi connectivity index (χ2v) is 6.36. The molecule has 1 aromatic carbocycles. The number of carbonyl (C=O) groups excluding carboxylic acids is 1. The number of hydrogen-bond acceptors (Lipinski definition) is 2. The summed E-state index contributed by atoms with van der Waals surface area (Å²) in [6, 6.07) is 11.2. The van der Waals surface area contributed by atoms with Crippen molar-refractivity contribution in [3.63, 3.8) is 0 Å². The fourth-order valence-corrected chi connectivity index (χ4v) is 3.45. The van der Waals surface area contributed by atoms with Crippen molar-refractivity contribution in [2.75, 3.05) is 19.6 Å². The molecule has 2 aromatic rings. The van der Waals surface area contributed by atoms with Gasteiger partial charge in [-0.25, -0.2) is 4.39 Å². The van der Waals surface area contributed by atoms with Crippen LogP contribution in [-0.2, 0) is 18.3 Å². The van der Waals surface area contributed by atoms with E-state index in [1.807, 2.05) is 25.4 Å². The average Bonchev–Trinajstić information content (AvgIpc) is 3.17. The molecule has 0 spiro atoms. The number of carbonyl (C=O) groups is 1. The second kappa shape index (κ2) is 7.62. The SMILES string of the molecule is Cn1cccc1[C@@H]1CCCN1CC(=O)NCCc1ccccc1F. The van der Waals surface area contributed by atoms with Crippen molar-refractivity contribution in [2.24, 2.45) is 7.05 Å². The molecule has 1 amide bonds. The predicted octanol–water partition coefficient (Wildman–Crippen LogP) is 2.66. The molecule has 0 unspecified atom stereocenters. The van der Waals surface area contributed by atoms with E-state index in [1.165, 1.54) is 11.8 Å². The predicted molar refractivity (Wildman–Crippen MR) is 92.1 cm³/mol. The van der Waals surface area contributed by atoms with Crippen molar-refractivity contribution < 1.29 is 9.18 Å². The van der Waals surface area contributed by atoms with Gasteiger partial charge in [0.15, 0.2) is 0 Å². The van der Waals surface area contributed by atoms with E-state index in [-0.39, 0.29) is 11.7 Å². The van der Waals surface area contributed by atoms with Crippen LogP contribution >= 0.6 is 0 Å². The summed E-state index contributed by atoms with van der Waals surface area (Å²) >= 11 is 0. The Kier molecular flexibility index (Phi) is 5.30. The monoisotopic (exact) mass is 329 g/mol. The summed E-state index contributed by atoms with van der Waals surface area (Å²) in [6.45, 7) is 1.80. The van der Waals surface area contributed by atoms with Gasteiger partial charge >= 0.3 is 0 Å². The molecule has 0 aliphatic carbocycles. The summed E-state index contributed by atoms with van der Waals surface area (Å²) in [5.74, 6) is -0.206. The van der Waals surface area contributed by atoms with E-state index in [2.05, 4.69) is 20.9 Å². The Morgan fingerprint density at radius 3 is 2.88 bits per heavy atom. The van der Waals surface area contributed by atoms with Gasteiger partial charge in [-0.3, -0.25) is 9.69 Å². The molecule has 1 saturated heterocycles. The van der Waals surface area contributed by atoms with Crippen molar-refractivity contribution in [3.05, 3.63) is 59.7 Å². The van der Waals surface area contributed by atoms with E-state index in [1.54, 1.807) is 12.1 Å². The molecule has 1 atom stereocenters. The van der Waals surface area contributed by atoms with Crippen LogP contribution in [0.4, 0.5) is 4.39 Å². The van der Waals surface area contributed by atoms with E-state index in [4.69, 9.17) is 0 Å². The molecule has 1 aliphatic heterocycles. The number of aromatic nitrogens is 1. The lowest BCUT2D eigenvalue weighted by atomic mass is 10.1. The number of amides is 1. The van der Waals surface area contributed by atoms with Gasteiger partial charge in [0, 0.05) is 25.5 Å². The van der Waals surface area contributed by atoms with Gasteiger partial charge in [-0.2, -0.15) is 0 Å². The summed E-state index contributed by atoms with van der Waals surface area (Å²) in [5, 5.41) is 2.91. The number of halogens is 1. The molecule has 128 valence electrons. The van der Waals surface area contributed by atoms with Gasteiger partial charge < -0.3 is 9.88 Å². The van der Waals surface area contributed by atoms with Crippen LogP contribution in [0.3, 0.4) is 0 Å². The maximum atomic E-state index is 13.6. The third kappa shape index (κ3) is 3.85. The minimum atomic E-state index is -0.213. The Labute approximate surface area is 142 Å². The fourth-order valence-electron chi connectivity index (χ4n) is 3.45. The van der Waals surface area contributed by atoms with Crippen LogP contribution in [-0.4, -0.2) is 35.0 Å². The molecule has 24 heavy (non-hydrogen) atoms. The zero-order valence-corrected chi connectivity index (χ0v) is 14.0. The molecule has 1 aromatic heterocycles. The van der Waals surface area contributed by atoms with Gasteiger partial charge in [-0.1, -0.05) is 18.2 Å². The summed E-state index contributed by atoms with van der Waals surface area (Å²) in [5.41, 5.74) is 1.90. The maximum absolute atomic E-state index is 13.6.